The van der Waals surface area contributed by atoms with E-state index in [0.29, 0.717) is 28.0 Å². The number of aromatic nitrogens is 2. The van der Waals surface area contributed by atoms with Crippen molar-refractivity contribution in [1.29, 1.82) is 0 Å². The lowest BCUT2D eigenvalue weighted by Gasteiger charge is -2.12. The number of aryl methyl sites for hydroxylation is 2. The first-order valence-electron chi connectivity index (χ1n) is 9.86. The molecule has 1 aromatic heterocycles. The summed E-state index contributed by atoms with van der Waals surface area (Å²) < 4.78 is 19.5. The molecule has 0 aliphatic rings. The van der Waals surface area contributed by atoms with Crippen LogP contribution >= 0.6 is 34.8 Å². The number of nitrogens with zero attached hydrogens (tertiary/aromatic N) is 2. The van der Waals surface area contributed by atoms with E-state index in [-0.39, 0.29) is 11.1 Å². The Morgan fingerprint density at radius 3 is 2.29 bits per heavy atom. The molecule has 0 amide bonds. The molecule has 0 aliphatic carbocycles. The fraction of sp³-hybridized carbons (Fsp3) is 0.261. The number of ether oxygens (including phenoxy) is 3. The van der Waals surface area contributed by atoms with Crippen LogP contribution in [0.25, 0.3) is 0 Å². The first-order valence-corrected chi connectivity index (χ1v) is 11.0. The molecule has 0 radical (unpaired) electrons. The van der Waals surface area contributed by atoms with Gasteiger partial charge in [0.1, 0.15) is 34.1 Å². The number of hydrogen-bond donors (Lipinski definition) is 0. The van der Waals surface area contributed by atoms with Crippen molar-refractivity contribution in [2.24, 2.45) is 0 Å². The Morgan fingerprint density at radius 1 is 1.00 bits per heavy atom. The van der Waals surface area contributed by atoms with Crippen LogP contribution in [-0.2, 0) is 13.0 Å². The van der Waals surface area contributed by atoms with Gasteiger partial charge in [0.05, 0.1) is 10.7 Å². The summed E-state index contributed by atoms with van der Waals surface area (Å²) in [4.78, 5) is 0. The van der Waals surface area contributed by atoms with E-state index in [1.165, 1.54) is 0 Å². The van der Waals surface area contributed by atoms with E-state index in [1.54, 1.807) is 42.5 Å². The van der Waals surface area contributed by atoms with Gasteiger partial charge < -0.3 is 14.2 Å². The summed E-state index contributed by atoms with van der Waals surface area (Å²) >= 11 is 17.6. The predicted octanol–water partition coefficient (Wildman–Crippen LogP) is 7.71. The monoisotopic (exact) mass is 480 g/mol. The number of rotatable bonds is 9. The van der Waals surface area contributed by atoms with Gasteiger partial charge >= 0.3 is 0 Å². The van der Waals surface area contributed by atoms with Crippen LogP contribution in [0, 0.1) is 6.92 Å². The molecule has 0 spiro atoms. The highest BCUT2D eigenvalue weighted by Gasteiger charge is 2.15. The van der Waals surface area contributed by atoms with E-state index in [1.807, 2.05) is 24.6 Å². The molecule has 8 heteroatoms. The van der Waals surface area contributed by atoms with Gasteiger partial charge in [-0.25, -0.2) is 4.68 Å². The van der Waals surface area contributed by atoms with Gasteiger partial charge in [-0.15, -0.1) is 0 Å². The minimum absolute atomic E-state index is 0.169. The molecule has 164 valence electrons. The molecule has 31 heavy (non-hydrogen) atoms. The smallest absolute Gasteiger partial charge is 0.221 e. The van der Waals surface area contributed by atoms with Crippen LogP contribution in [-0.4, -0.2) is 16.4 Å². The second-order valence-electron chi connectivity index (χ2n) is 6.62. The van der Waals surface area contributed by atoms with Crippen LogP contribution < -0.4 is 14.2 Å². The molecule has 0 fully saturated rings. The van der Waals surface area contributed by atoms with Crippen LogP contribution in [0.5, 0.6) is 28.9 Å². The molecule has 0 bridgehead atoms. The molecule has 1 heterocycles. The normalized spacial score (nSPS) is 10.6. The van der Waals surface area contributed by atoms with Gasteiger partial charge in [0.15, 0.2) is 0 Å². The second-order valence-corrected chi connectivity index (χ2v) is 8.03. The van der Waals surface area contributed by atoms with Crippen molar-refractivity contribution in [3.05, 3.63) is 69.3 Å². The Labute approximate surface area is 197 Å². The van der Waals surface area contributed by atoms with Crippen molar-refractivity contribution in [2.45, 2.75) is 33.7 Å². The van der Waals surface area contributed by atoms with Crippen LogP contribution in [0.3, 0.4) is 0 Å². The van der Waals surface area contributed by atoms with E-state index in [4.69, 9.17) is 49.0 Å². The number of benzene rings is 2. The Kier molecular flexibility index (Phi) is 8.13. The lowest BCUT2D eigenvalue weighted by molar-refractivity contribution is 0.362. The number of halogens is 3. The highest BCUT2D eigenvalue weighted by Crippen LogP contribution is 2.35. The minimum atomic E-state index is 0.169. The average molecular weight is 482 g/mol. The average Bonchev–Trinajstić information content (AvgIpc) is 3.05. The van der Waals surface area contributed by atoms with Crippen molar-refractivity contribution in [1.82, 2.24) is 9.78 Å². The van der Waals surface area contributed by atoms with Gasteiger partial charge in [0, 0.05) is 18.2 Å². The quantitative estimate of drug-likeness (QED) is 0.314. The molecule has 0 N–H and O–H groups in total. The summed E-state index contributed by atoms with van der Waals surface area (Å²) in [7, 11) is 0. The Bertz CT molecular complexity index is 1060. The summed E-state index contributed by atoms with van der Waals surface area (Å²) in [5.41, 5.74) is 2.06. The van der Waals surface area contributed by atoms with Gasteiger partial charge in [0.25, 0.3) is 0 Å². The third-order valence-electron chi connectivity index (χ3n) is 4.52. The zero-order valence-corrected chi connectivity index (χ0v) is 19.8. The third-order valence-corrected chi connectivity index (χ3v) is 5.12. The Morgan fingerprint density at radius 2 is 1.68 bits per heavy atom. The summed E-state index contributed by atoms with van der Waals surface area (Å²) in [5.74, 6) is 3.16. The van der Waals surface area contributed by atoms with E-state index in [0.717, 1.165) is 30.1 Å². The molecular formula is C23H23Cl3N2O3. The van der Waals surface area contributed by atoms with E-state index in [2.05, 4.69) is 12.0 Å². The maximum absolute atomic E-state index is 6.44. The molecule has 0 unspecified atom stereocenters. The van der Waals surface area contributed by atoms with E-state index >= 15 is 0 Å². The van der Waals surface area contributed by atoms with Crippen molar-refractivity contribution >= 4 is 34.8 Å². The van der Waals surface area contributed by atoms with Crippen molar-refractivity contribution < 1.29 is 14.2 Å². The largest absolute Gasteiger partial charge is 0.489 e. The van der Waals surface area contributed by atoms with Gasteiger partial charge in [-0.05, 0) is 62.7 Å². The maximum Gasteiger partial charge on any atom is 0.221 e. The minimum Gasteiger partial charge on any atom is -0.489 e. The summed E-state index contributed by atoms with van der Waals surface area (Å²) in [6.45, 7) is 7.13. The molecule has 5 nitrogen and oxygen atoms in total. The van der Waals surface area contributed by atoms with Crippen LogP contribution in [0.4, 0.5) is 0 Å². The first-order chi connectivity index (χ1) is 14.9. The number of hydrogen-bond acceptors (Lipinski definition) is 4. The molecule has 0 atom stereocenters. The molecule has 0 aliphatic heterocycles. The predicted molar refractivity (Wildman–Crippen MR) is 125 cm³/mol. The second kappa shape index (κ2) is 10.8. The van der Waals surface area contributed by atoms with E-state index in [9.17, 15) is 0 Å². The lowest BCUT2D eigenvalue weighted by Crippen LogP contribution is -2.00. The fourth-order valence-electron chi connectivity index (χ4n) is 2.93. The Hall–Kier alpha value is -2.34. The molecule has 0 saturated carbocycles. The summed E-state index contributed by atoms with van der Waals surface area (Å²) in [5, 5.41) is 5.02. The topological polar surface area (TPSA) is 45.5 Å². The van der Waals surface area contributed by atoms with Crippen LogP contribution in [0.15, 0.2) is 53.0 Å². The third kappa shape index (κ3) is 6.10. The summed E-state index contributed by atoms with van der Waals surface area (Å²) in [6.07, 6.45) is 2.42. The standard InChI is InChI=1S/C23H23Cl3N2O3/c1-4-20-15(3)23(28(5-2)27-20)31-18-10-11-21(19(24)14-18)30-17-8-6-16(7-9-17)29-13-12-22(25)26/h6-12,14H,4-5,13H2,1-3H3. The highest BCUT2D eigenvalue weighted by molar-refractivity contribution is 6.55. The zero-order valence-electron chi connectivity index (χ0n) is 17.5. The highest BCUT2D eigenvalue weighted by atomic mass is 35.5. The first kappa shape index (κ1) is 23.3. The fourth-order valence-corrected chi connectivity index (χ4v) is 3.27. The lowest BCUT2D eigenvalue weighted by atomic mass is 10.2. The van der Waals surface area contributed by atoms with Crippen LogP contribution in [0.2, 0.25) is 5.02 Å². The van der Waals surface area contributed by atoms with Crippen LogP contribution in [0.1, 0.15) is 25.1 Å². The summed E-state index contributed by atoms with van der Waals surface area (Å²) in [6, 6.07) is 12.5. The molecule has 3 rings (SSSR count). The van der Waals surface area contributed by atoms with Gasteiger partial charge in [-0.2, -0.15) is 5.10 Å². The zero-order chi connectivity index (χ0) is 22.4. The Balaban J connectivity index is 1.69. The maximum atomic E-state index is 6.44. The van der Waals surface area contributed by atoms with E-state index < -0.39 is 0 Å². The van der Waals surface area contributed by atoms with Gasteiger partial charge in [-0.1, -0.05) is 41.7 Å². The SMILES string of the molecule is CCc1nn(CC)c(Oc2ccc(Oc3ccc(OCC=C(Cl)Cl)cc3)c(Cl)c2)c1C. The van der Waals surface area contributed by atoms with Crippen molar-refractivity contribution in [2.75, 3.05) is 6.61 Å². The van der Waals surface area contributed by atoms with Crippen molar-refractivity contribution in [3.8, 4) is 28.9 Å². The molecule has 3 aromatic rings. The molecular weight excluding hydrogens is 459 g/mol. The van der Waals surface area contributed by atoms with Gasteiger partial charge in [-0.3, -0.25) is 0 Å². The van der Waals surface area contributed by atoms with Crippen molar-refractivity contribution in [3.63, 3.8) is 0 Å². The molecule has 2 aromatic carbocycles. The molecule has 0 saturated heterocycles. The van der Waals surface area contributed by atoms with Gasteiger partial charge in [0.2, 0.25) is 5.88 Å².